The van der Waals surface area contributed by atoms with Gasteiger partial charge in [-0.2, -0.15) is 0 Å². The van der Waals surface area contributed by atoms with E-state index in [4.69, 9.17) is 0 Å². The van der Waals surface area contributed by atoms with Gasteiger partial charge >= 0.3 is 0 Å². The zero-order valence-corrected chi connectivity index (χ0v) is 19.1. The zero-order valence-electron chi connectivity index (χ0n) is 19.1. The lowest BCUT2D eigenvalue weighted by Crippen LogP contribution is -3.28. The summed E-state index contributed by atoms with van der Waals surface area (Å²) in [7, 11) is 0. The standard InChI is InChI=1S/C25H34N4O2/c1-18(2)26-23(30)17-28-12-14-29(15-13-28)24(21-8-6-5-7-9-21)25(31)27-22-16-19(3)10-11-20(22)4/h5-11,16,18,24H,12-15,17H2,1-4H3,(H,26,30)(H,27,31)/p+2/t24-/m0/s1. The van der Waals surface area contributed by atoms with Crippen molar-refractivity contribution in [1.29, 1.82) is 0 Å². The van der Waals surface area contributed by atoms with Gasteiger partial charge in [0.25, 0.3) is 11.8 Å². The first-order valence-electron chi connectivity index (χ1n) is 11.2. The first kappa shape index (κ1) is 23.0. The van der Waals surface area contributed by atoms with Gasteiger partial charge in [-0.1, -0.05) is 42.5 Å². The summed E-state index contributed by atoms with van der Waals surface area (Å²) >= 11 is 0. The van der Waals surface area contributed by atoms with Gasteiger partial charge in [0.1, 0.15) is 26.2 Å². The second-order valence-corrected chi connectivity index (χ2v) is 8.96. The van der Waals surface area contributed by atoms with E-state index in [0.717, 1.165) is 48.6 Å². The van der Waals surface area contributed by atoms with Gasteiger partial charge in [-0.05, 0) is 44.9 Å². The largest absolute Gasteiger partial charge is 0.349 e. The monoisotopic (exact) mass is 424 g/mol. The number of nitrogens with one attached hydrogen (secondary N) is 4. The maximum absolute atomic E-state index is 13.5. The minimum absolute atomic E-state index is 0.0240. The van der Waals surface area contributed by atoms with Crippen molar-refractivity contribution < 1.29 is 19.4 Å². The molecule has 1 fully saturated rings. The second-order valence-electron chi connectivity index (χ2n) is 8.96. The first-order valence-corrected chi connectivity index (χ1v) is 11.2. The summed E-state index contributed by atoms with van der Waals surface area (Å²) in [5, 5.41) is 6.16. The molecule has 31 heavy (non-hydrogen) atoms. The molecule has 0 aliphatic carbocycles. The number of hydrogen-bond acceptors (Lipinski definition) is 2. The molecule has 4 N–H and O–H groups in total. The highest BCUT2D eigenvalue weighted by molar-refractivity contribution is 5.95. The number of carbonyl (C=O) groups is 2. The lowest BCUT2D eigenvalue weighted by atomic mass is 10.0. The number of amides is 2. The van der Waals surface area contributed by atoms with Crippen LogP contribution in [-0.4, -0.2) is 50.6 Å². The van der Waals surface area contributed by atoms with Crippen molar-refractivity contribution in [3.8, 4) is 0 Å². The van der Waals surface area contributed by atoms with E-state index in [1.54, 1.807) is 0 Å². The molecule has 1 aliphatic rings. The highest BCUT2D eigenvalue weighted by atomic mass is 16.2. The topological polar surface area (TPSA) is 67.1 Å². The molecule has 1 heterocycles. The van der Waals surface area contributed by atoms with E-state index in [9.17, 15) is 9.59 Å². The fraction of sp³-hybridized carbons (Fsp3) is 0.440. The summed E-state index contributed by atoms with van der Waals surface area (Å²) in [5.41, 5.74) is 4.09. The van der Waals surface area contributed by atoms with E-state index >= 15 is 0 Å². The Labute approximate surface area is 185 Å². The zero-order chi connectivity index (χ0) is 22.4. The molecule has 166 valence electrons. The Kier molecular flexibility index (Phi) is 7.82. The molecule has 2 amide bonds. The average Bonchev–Trinajstić information content (AvgIpc) is 2.72. The summed E-state index contributed by atoms with van der Waals surface area (Å²) < 4.78 is 0. The third-order valence-electron chi connectivity index (χ3n) is 5.91. The maximum atomic E-state index is 13.5. The number of benzene rings is 2. The Bertz CT molecular complexity index is 890. The van der Waals surface area contributed by atoms with Gasteiger partial charge in [-0.15, -0.1) is 0 Å². The van der Waals surface area contributed by atoms with Crippen LogP contribution in [0.1, 0.15) is 36.6 Å². The van der Waals surface area contributed by atoms with Crippen molar-refractivity contribution in [1.82, 2.24) is 5.32 Å². The molecule has 1 atom stereocenters. The molecule has 0 radical (unpaired) electrons. The number of quaternary nitrogens is 2. The summed E-state index contributed by atoms with van der Waals surface area (Å²) in [5.74, 6) is 0.122. The molecule has 2 aromatic rings. The molecule has 0 unspecified atom stereocenters. The molecule has 6 heteroatoms. The minimum atomic E-state index is -0.271. The van der Waals surface area contributed by atoms with Gasteiger partial charge in [0, 0.05) is 17.3 Å². The fourth-order valence-corrected chi connectivity index (χ4v) is 4.28. The quantitative estimate of drug-likeness (QED) is 0.516. The van der Waals surface area contributed by atoms with Gasteiger partial charge in [0.05, 0.1) is 0 Å². The average molecular weight is 425 g/mol. The fourth-order valence-electron chi connectivity index (χ4n) is 4.28. The Balaban J connectivity index is 1.71. The van der Waals surface area contributed by atoms with E-state index in [2.05, 4.69) is 16.7 Å². The third-order valence-corrected chi connectivity index (χ3v) is 5.91. The number of piperazine rings is 1. The van der Waals surface area contributed by atoms with Crippen LogP contribution in [0, 0.1) is 13.8 Å². The van der Waals surface area contributed by atoms with Crippen molar-refractivity contribution in [2.24, 2.45) is 0 Å². The summed E-state index contributed by atoms with van der Waals surface area (Å²) in [6.07, 6.45) is 0. The number of anilines is 1. The Morgan fingerprint density at radius 1 is 0.968 bits per heavy atom. The van der Waals surface area contributed by atoms with Crippen molar-refractivity contribution in [2.75, 3.05) is 38.0 Å². The van der Waals surface area contributed by atoms with E-state index < -0.39 is 0 Å². The van der Waals surface area contributed by atoms with Crippen LogP contribution in [0.4, 0.5) is 5.69 Å². The molecule has 6 nitrogen and oxygen atoms in total. The summed E-state index contributed by atoms with van der Waals surface area (Å²) in [6.45, 7) is 12.0. The lowest BCUT2D eigenvalue weighted by Gasteiger charge is -2.34. The molecule has 0 saturated carbocycles. The van der Waals surface area contributed by atoms with Gasteiger partial charge in [-0.25, -0.2) is 0 Å². The number of hydrogen-bond donors (Lipinski definition) is 4. The highest BCUT2D eigenvalue weighted by Crippen LogP contribution is 2.19. The molecule has 0 spiro atoms. The van der Waals surface area contributed by atoms with Crippen LogP contribution >= 0.6 is 0 Å². The number of carbonyl (C=O) groups excluding carboxylic acids is 2. The Morgan fingerprint density at radius 3 is 2.29 bits per heavy atom. The SMILES string of the molecule is Cc1ccc(C)c(NC(=O)[C@H](c2ccccc2)[NH+]2CC[NH+](CC(=O)NC(C)C)CC2)c1. The molecule has 1 aliphatic heterocycles. The van der Waals surface area contributed by atoms with Crippen LogP contribution in [0.25, 0.3) is 0 Å². The molecular formula is C25H36N4O2+2. The predicted molar refractivity (Wildman–Crippen MR) is 123 cm³/mol. The van der Waals surface area contributed by atoms with E-state index in [1.165, 1.54) is 9.80 Å². The van der Waals surface area contributed by atoms with Crippen molar-refractivity contribution in [2.45, 2.75) is 39.8 Å². The van der Waals surface area contributed by atoms with Gasteiger partial charge in [0.15, 0.2) is 12.6 Å². The van der Waals surface area contributed by atoms with Crippen molar-refractivity contribution >= 4 is 17.5 Å². The normalized spacial score (nSPS) is 19.6. The summed E-state index contributed by atoms with van der Waals surface area (Å²) in [4.78, 5) is 28.1. The molecule has 2 aromatic carbocycles. The smallest absolute Gasteiger partial charge is 0.287 e. The number of aryl methyl sites for hydroxylation is 2. The van der Waals surface area contributed by atoms with E-state index in [0.29, 0.717) is 6.54 Å². The highest BCUT2D eigenvalue weighted by Gasteiger charge is 2.36. The van der Waals surface area contributed by atoms with Crippen LogP contribution in [0.2, 0.25) is 0 Å². The summed E-state index contributed by atoms with van der Waals surface area (Å²) in [6, 6.07) is 16.1. The maximum Gasteiger partial charge on any atom is 0.287 e. The Hall–Kier alpha value is -2.70. The van der Waals surface area contributed by atoms with Crippen LogP contribution in [-0.2, 0) is 9.59 Å². The van der Waals surface area contributed by atoms with Crippen molar-refractivity contribution in [3.63, 3.8) is 0 Å². The van der Waals surface area contributed by atoms with Gasteiger partial charge in [0.2, 0.25) is 0 Å². The Morgan fingerprint density at radius 2 is 1.65 bits per heavy atom. The lowest BCUT2D eigenvalue weighted by molar-refractivity contribution is -1.02. The number of rotatable bonds is 7. The van der Waals surface area contributed by atoms with E-state index in [-0.39, 0.29) is 23.9 Å². The molecule has 1 saturated heterocycles. The first-order chi connectivity index (χ1) is 14.8. The van der Waals surface area contributed by atoms with Crippen LogP contribution in [0.3, 0.4) is 0 Å². The molecular weight excluding hydrogens is 388 g/mol. The van der Waals surface area contributed by atoms with Crippen LogP contribution in [0.15, 0.2) is 48.5 Å². The van der Waals surface area contributed by atoms with E-state index in [1.807, 2.05) is 70.2 Å². The predicted octanol–water partition coefficient (Wildman–Crippen LogP) is 0.291. The van der Waals surface area contributed by atoms with Gasteiger partial charge in [-0.3, -0.25) is 9.59 Å². The van der Waals surface area contributed by atoms with Crippen LogP contribution in [0.5, 0.6) is 0 Å². The third kappa shape index (κ3) is 6.39. The van der Waals surface area contributed by atoms with Crippen LogP contribution < -0.4 is 20.4 Å². The minimum Gasteiger partial charge on any atom is -0.349 e. The molecule has 3 rings (SSSR count). The van der Waals surface area contributed by atoms with Crippen molar-refractivity contribution in [3.05, 3.63) is 65.2 Å². The molecule has 0 bridgehead atoms. The van der Waals surface area contributed by atoms with Gasteiger partial charge < -0.3 is 20.4 Å². The molecule has 0 aromatic heterocycles. The second kappa shape index (κ2) is 10.6.